The molecule has 134 valence electrons. The molecule has 10 heteroatoms. The third-order valence-corrected chi connectivity index (χ3v) is 5.11. The highest BCUT2D eigenvalue weighted by Crippen LogP contribution is 2.30. The summed E-state index contributed by atoms with van der Waals surface area (Å²) in [5, 5.41) is 11.7. The lowest BCUT2D eigenvalue weighted by atomic mass is 10.2. The third kappa shape index (κ3) is 3.09. The number of nitrogens with zero attached hydrogens (tertiary/aromatic N) is 1. The second-order valence-corrected chi connectivity index (χ2v) is 7.18. The molecule has 26 heavy (non-hydrogen) atoms. The Morgan fingerprint density at radius 3 is 2.58 bits per heavy atom. The molecule has 0 aliphatic carbocycles. The number of benzene rings is 2. The van der Waals surface area contributed by atoms with Crippen molar-refractivity contribution in [1.82, 2.24) is 0 Å². The minimum Gasteiger partial charge on any atom is -0.421 e. The monoisotopic (exact) mass is 375 g/mol. The predicted molar refractivity (Wildman–Crippen MR) is 95.5 cm³/mol. The van der Waals surface area contributed by atoms with Gasteiger partial charge in [-0.2, -0.15) is 0 Å². The van der Waals surface area contributed by atoms with Gasteiger partial charge in [0.1, 0.15) is 11.3 Å². The Kier molecular flexibility index (Phi) is 4.12. The van der Waals surface area contributed by atoms with E-state index in [0.717, 1.165) is 12.1 Å². The first-order chi connectivity index (χ1) is 12.2. The molecule has 3 aromatic rings. The van der Waals surface area contributed by atoms with Crippen LogP contribution in [0.5, 0.6) is 0 Å². The molecule has 9 nitrogen and oxygen atoms in total. The Balaban J connectivity index is 2.13. The fourth-order valence-corrected chi connectivity index (χ4v) is 3.66. The van der Waals surface area contributed by atoms with Crippen molar-refractivity contribution >= 4 is 38.1 Å². The van der Waals surface area contributed by atoms with Crippen LogP contribution in [0.25, 0.3) is 11.0 Å². The number of hydrogen-bond acceptors (Lipinski definition) is 7. The zero-order valence-electron chi connectivity index (χ0n) is 13.4. The number of nitrogen functional groups attached to an aromatic ring is 1. The van der Waals surface area contributed by atoms with E-state index in [0.29, 0.717) is 10.9 Å². The Labute approximate surface area is 147 Å². The molecule has 1 aromatic heterocycles. The van der Waals surface area contributed by atoms with Gasteiger partial charge < -0.3 is 10.2 Å². The number of nitrogens with two attached hydrogens (primary N) is 1. The number of nitro benzene ring substituents is 1. The van der Waals surface area contributed by atoms with Gasteiger partial charge in [-0.25, -0.2) is 13.2 Å². The van der Waals surface area contributed by atoms with E-state index in [1.807, 2.05) is 0 Å². The first-order valence-electron chi connectivity index (χ1n) is 7.29. The van der Waals surface area contributed by atoms with Crippen molar-refractivity contribution < 1.29 is 17.8 Å². The SMILES string of the molecule is Cc1cc(S(=O)(=O)Nc2cc3ccccc3oc2=O)c([N+](=O)[O-])cc1N. The number of aryl methyl sites for hydroxylation is 1. The summed E-state index contributed by atoms with van der Waals surface area (Å²) >= 11 is 0. The summed E-state index contributed by atoms with van der Waals surface area (Å²) < 4.78 is 32.4. The average molecular weight is 375 g/mol. The van der Waals surface area contributed by atoms with Gasteiger partial charge in [-0.05, 0) is 30.7 Å². The van der Waals surface area contributed by atoms with Gasteiger partial charge in [-0.15, -0.1) is 0 Å². The van der Waals surface area contributed by atoms with Crippen molar-refractivity contribution in [1.29, 1.82) is 0 Å². The lowest BCUT2D eigenvalue weighted by molar-refractivity contribution is -0.387. The minimum absolute atomic E-state index is 0.0841. The lowest BCUT2D eigenvalue weighted by Crippen LogP contribution is -2.19. The molecule has 2 aromatic carbocycles. The second-order valence-electron chi connectivity index (χ2n) is 5.52. The number of rotatable bonds is 4. The number of nitro groups is 1. The molecule has 0 aliphatic heterocycles. The van der Waals surface area contributed by atoms with Gasteiger partial charge in [0.15, 0.2) is 4.90 Å². The number of hydrogen-bond donors (Lipinski definition) is 2. The van der Waals surface area contributed by atoms with Crippen molar-refractivity contribution in [3.05, 3.63) is 68.6 Å². The molecule has 0 unspecified atom stereocenters. The van der Waals surface area contributed by atoms with Crippen LogP contribution in [-0.2, 0) is 10.0 Å². The molecular weight excluding hydrogens is 362 g/mol. The summed E-state index contributed by atoms with van der Waals surface area (Å²) in [7, 11) is -4.43. The number of sulfonamides is 1. The first-order valence-corrected chi connectivity index (χ1v) is 8.77. The first kappa shape index (κ1) is 17.4. The number of nitrogens with one attached hydrogen (secondary N) is 1. The lowest BCUT2D eigenvalue weighted by Gasteiger charge is -2.10. The molecule has 0 atom stereocenters. The van der Waals surface area contributed by atoms with Crippen LogP contribution >= 0.6 is 0 Å². The molecule has 0 radical (unpaired) electrons. The maximum atomic E-state index is 12.6. The van der Waals surface area contributed by atoms with Gasteiger partial charge in [-0.3, -0.25) is 14.8 Å². The summed E-state index contributed by atoms with van der Waals surface area (Å²) in [5.74, 6) is 0. The van der Waals surface area contributed by atoms with E-state index < -0.39 is 31.2 Å². The van der Waals surface area contributed by atoms with Crippen molar-refractivity contribution in [2.24, 2.45) is 0 Å². The molecule has 0 fully saturated rings. The second kappa shape index (κ2) is 6.15. The van der Waals surface area contributed by atoms with E-state index in [-0.39, 0.29) is 17.0 Å². The topological polar surface area (TPSA) is 146 Å². The molecule has 1 heterocycles. The van der Waals surface area contributed by atoms with Crippen LogP contribution in [0.1, 0.15) is 5.56 Å². The van der Waals surface area contributed by atoms with Crippen molar-refractivity contribution in [3.63, 3.8) is 0 Å². The van der Waals surface area contributed by atoms with E-state index in [1.54, 1.807) is 24.3 Å². The predicted octanol–water partition coefficient (Wildman–Crippen LogP) is 2.39. The highest BCUT2D eigenvalue weighted by molar-refractivity contribution is 7.92. The fourth-order valence-electron chi connectivity index (χ4n) is 2.38. The van der Waals surface area contributed by atoms with Gasteiger partial charge in [0.05, 0.1) is 4.92 Å². The van der Waals surface area contributed by atoms with Crippen LogP contribution in [0.4, 0.5) is 17.1 Å². The van der Waals surface area contributed by atoms with Gasteiger partial charge in [-0.1, -0.05) is 18.2 Å². The highest BCUT2D eigenvalue weighted by atomic mass is 32.2. The molecule has 0 saturated heterocycles. The van der Waals surface area contributed by atoms with Gasteiger partial charge in [0.25, 0.3) is 15.7 Å². The molecule has 0 bridgehead atoms. The normalized spacial score (nSPS) is 11.4. The summed E-state index contributed by atoms with van der Waals surface area (Å²) in [6.45, 7) is 1.52. The standard InChI is InChI=1S/C16H13N3O6S/c1-9-6-15(13(19(21)22)8-11(9)17)26(23,24)18-12-7-10-4-2-3-5-14(10)25-16(12)20/h2-8,18H,17H2,1H3. The van der Waals surface area contributed by atoms with Crippen LogP contribution in [0.3, 0.4) is 0 Å². The third-order valence-electron chi connectivity index (χ3n) is 3.72. The quantitative estimate of drug-likeness (QED) is 0.308. The van der Waals surface area contributed by atoms with E-state index in [9.17, 15) is 23.3 Å². The zero-order valence-corrected chi connectivity index (χ0v) is 14.2. The highest BCUT2D eigenvalue weighted by Gasteiger charge is 2.28. The molecule has 3 rings (SSSR count). The van der Waals surface area contributed by atoms with Crippen molar-refractivity contribution in [2.45, 2.75) is 11.8 Å². The van der Waals surface area contributed by atoms with Gasteiger partial charge in [0.2, 0.25) is 0 Å². The molecule has 0 amide bonds. The molecule has 3 N–H and O–H groups in total. The van der Waals surface area contributed by atoms with E-state index in [1.165, 1.54) is 13.0 Å². The van der Waals surface area contributed by atoms with E-state index in [2.05, 4.69) is 4.72 Å². The summed E-state index contributed by atoms with van der Waals surface area (Å²) in [5.41, 5.74) is 4.39. The fraction of sp³-hybridized carbons (Fsp3) is 0.0625. The largest absolute Gasteiger partial charge is 0.421 e. The van der Waals surface area contributed by atoms with Crippen LogP contribution < -0.4 is 16.1 Å². The van der Waals surface area contributed by atoms with E-state index >= 15 is 0 Å². The van der Waals surface area contributed by atoms with E-state index in [4.69, 9.17) is 10.2 Å². The van der Waals surface area contributed by atoms with Crippen molar-refractivity contribution in [3.8, 4) is 0 Å². The van der Waals surface area contributed by atoms with Gasteiger partial charge in [0, 0.05) is 17.1 Å². The van der Waals surface area contributed by atoms with Crippen molar-refractivity contribution in [2.75, 3.05) is 10.5 Å². The summed E-state index contributed by atoms with van der Waals surface area (Å²) in [4.78, 5) is 21.8. The maximum Gasteiger partial charge on any atom is 0.360 e. The number of para-hydroxylation sites is 1. The van der Waals surface area contributed by atoms with Crippen LogP contribution in [0.15, 0.2) is 56.6 Å². The number of anilines is 2. The number of fused-ring (bicyclic) bond motifs is 1. The molecular formula is C16H13N3O6S. The summed E-state index contributed by atoms with van der Waals surface area (Å²) in [6, 6.07) is 9.89. The Morgan fingerprint density at radius 2 is 1.88 bits per heavy atom. The van der Waals surface area contributed by atoms with Gasteiger partial charge >= 0.3 is 5.63 Å². The molecule has 0 aliphatic rings. The Bertz CT molecular complexity index is 1200. The zero-order chi connectivity index (χ0) is 19.1. The Morgan fingerprint density at radius 1 is 1.19 bits per heavy atom. The smallest absolute Gasteiger partial charge is 0.360 e. The molecule has 0 spiro atoms. The van der Waals surface area contributed by atoms with Crippen LogP contribution in [-0.4, -0.2) is 13.3 Å². The Hall–Kier alpha value is -3.40. The van der Waals surface area contributed by atoms with Crippen LogP contribution in [0.2, 0.25) is 0 Å². The van der Waals surface area contributed by atoms with Crippen LogP contribution in [0, 0.1) is 17.0 Å². The minimum atomic E-state index is -4.43. The maximum absolute atomic E-state index is 12.6. The average Bonchev–Trinajstić information content (AvgIpc) is 2.57. The summed E-state index contributed by atoms with van der Waals surface area (Å²) in [6.07, 6.45) is 0. The molecule has 0 saturated carbocycles.